The van der Waals surface area contributed by atoms with Crippen molar-refractivity contribution in [2.45, 2.75) is 39.2 Å². The smallest absolute Gasteiger partial charge is 0.199 e. The van der Waals surface area contributed by atoms with E-state index in [1.165, 1.54) is 5.56 Å². The molecule has 23 heavy (non-hydrogen) atoms. The number of aryl methyl sites for hydroxylation is 2. The number of nitrogens with zero attached hydrogens (tertiary/aromatic N) is 3. The predicted molar refractivity (Wildman–Crippen MR) is 87.2 cm³/mol. The fourth-order valence-electron chi connectivity index (χ4n) is 3.42. The van der Waals surface area contributed by atoms with E-state index >= 15 is 0 Å². The summed E-state index contributed by atoms with van der Waals surface area (Å²) in [7, 11) is 0. The Morgan fingerprint density at radius 3 is 2.91 bits per heavy atom. The molecule has 0 aliphatic carbocycles. The zero-order valence-electron chi connectivity index (χ0n) is 13.6. The minimum absolute atomic E-state index is 0.358. The van der Waals surface area contributed by atoms with E-state index in [0.717, 1.165) is 60.9 Å². The van der Waals surface area contributed by atoms with Gasteiger partial charge in [-0.15, -0.1) is 0 Å². The summed E-state index contributed by atoms with van der Waals surface area (Å²) in [6.07, 6.45) is 2.29. The number of benzene rings is 1. The Morgan fingerprint density at radius 2 is 2.13 bits per heavy atom. The molecular weight excluding hydrogens is 290 g/mol. The average molecular weight is 311 g/mol. The lowest BCUT2D eigenvalue weighted by Crippen LogP contribution is -2.34. The lowest BCUT2D eigenvalue weighted by molar-refractivity contribution is 0.186. The van der Waals surface area contributed by atoms with Crippen LogP contribution in [0.15, 0.2) is 33.2 Å². The summed E-state index contributed by atoms with van der Waals surface area (Å²) in [4.78, 5) is 7.13. The summed E-state index contributed by atoms with van der Waals surface area (Å²) in [6, 6.07) is 7.98. The highest BCUT2D eigenvalue weighted by atomic mass is 16.5. The first-order valence-corrected chi connectivity index (χ1v) is 8.20. The van der Waals surface area contributed by atoms with Crippen LogP contribution in [-0.4, -0.2) is 28.1 Å². The molecule has 1 aliphatic rings. The van der Waals surface area contributed by atoms with E-state index in [4.69, 9.17) is 8.94 Å². The molecule has 2 aromatic heterocycles. The quantitative estimate of drug-likeness (QED) is 0.736. The first-order chi connectivity index (χ1) is 11.2. The molecule has 0 unspecified atom stereocenters. The van der Waals surface area contributed by atoms with Gasteiger partial charge in [-0.05, 0) is 45.4 Å². The number of fused-ring (bicyclic) bond motifs is 1. The second kappa shape index (κ2) is 5.81. The fraction of sp³-hybridized carbons (Fsp3) is 0.444. The van der Waals surface area contributed by atoms with Crippen LogP contribution in [0, 0.1) is 13.8 Å². The molecule has 0 amide bonds. The van der Waals surface area contributed by atoms with Crippen LogP contribution in [0.25, 0.3) is 11.1 Å². The molecule has 1 atom stereocenters. The molecule has 0 saturated carbocycles. The van der Waals surface area contributed by atoms with Crippen LogP contribution in [0.3, 0.4) is 0 Å². The molecule has 1 aliphatic heterocycles. The minimum atomic E-state index is 0.358. The number of hydrogen-bond acceptors (Lipinski definition) is 5. The van der Waals surface area contributed by atoms with Crippen molar-refractivity contribution in [1.82, 2.24) is 15.0 Å². The number of para-hydroxylation sites is 2. The van der Waals surface area contributed by atoms with Crippen LogP contribution in [0.2, 0.25) is 0 Å². The number of aromatic nitrogens is 2. The number of hydrogen-bond donors (Lipinski definition) is 0. The zero-order valence-corrected chi connectivity index (χ0v) is 13.6. The van der Waals surface area contributed by atoms with Crippen LogP contribution in [0.4, 0.5) is 0 Å². The van der Waals surface area contributed by atoms with Crippen LogP contribution >= 0.6 is 0 Å². The van der Waals surface area contributed by atoms with Crippen LogP contribution in [-0.2, 0) is 6.54 Å². The van der Waals surface area contributed by atoms with E-state index < -0.39 is 0 Å². The van der Waals surface area contributed by atoms with E-state index in [1.807, 2.05) is 38.1 Å². The molecule has 3 aromatic rings. The summed E-state index contributed by atoms with van der Waals surface area (Å²) in [5, 5.41) is 4.06. The molecule has 120 valence electrons. The number of piperidine rings is 1. The molecule has 0 spiro atoms. The van der Waals surface area contributed by atoms with Crippen molar-refractivity contribution in [2.75, 3.05) is 13.1 Å². The van der Waals surface area contributed by atoms with Gasteiger partial charge in [0.1, 0.15) is 11.3 Å². The normalized spacial score (nSPS) is 19.5. The highest BCUT2D eigenvalue weighted by Crippen LogP contribution is 2.30. The van der Waals surface area contributed by atoms with Gasteiger partial charge in [-0.3, -0.25) is 4.90 Å². The lowest BCUT2D eigenvalue weighted by Gasteiger charge is -2.31. The van der Waals surface area contributed by atoms with Crippen molar-refractivity contribution in [1.29, 1.82) is 0 Å². The maximum absolute atomic E-state index is 5.97. The number of likely N-dealkylation sites (tertiary alicyclic amines) is 1. The van der Waals surface area contributed by atoms with Gasteiger partial charge >= 0.3 is 0 Å². The van der Waals surface area contributed by atoms with E-state index in [2.05, 4.69) is 15.0 Å². The van der Waals surface area contributed by atoms with Gasteiger partial charge in [-0.2, -0.15) is 0 Å². The first-order valence-electron chi connectivity index (χ1n) is 8.20. The second-order valence-corrected chi connectivity index (χ2v) is 6.40. The van der Waals surface area contributed by atoms with E-state index in [1.54, 1.807) is 0 Å². The molecule has 1 saturated heterocycles. The largest absolute Gasteiger partial charge is 0.440 e. The van der Waals surface area contributed by atoms with E-state index in [9.17, 15) is 0 Å². The topological polar surface area (TPSA) is 55.3 Å². The van der Waals surface area contributed by atoms with Gasteiger partial charge in [0.05, 0.1) is 5.69 Å². The molecule has 1 fully saturated rings. The molecule has 5 heteroatoms. The molecule has 0 bridgehead atoms. The molecule has 1 aromatic carbocycles. The Morgan fingerprint density at radius 1 is 1.26 bits per heavy atom. The molecule has 3 heterocycles. The SMILES string of the molecule is Cc1noc(C)c1CN1CCC[C@@H](c2nc3ccccc3o2)C1. The van der Waals surface area contributed by atoms with Crippen molar-refractivity contribution in [3.8, 4) is 0 Å². The minimum Gasteiger partial charge on any atom is -0.440 e. The van der Waals surface area contributed by atoms with Gasteiger partial charge in [-0.25, -0.2) is 4.98 Å². The molecular formula is C18H21N3O2. The van der Waals surface area contributed by atoms with Crippen molar-refractivity contribution in [3.05, 3.63) is 47.2 Å². The molecule has 0 radical (unpaired) electrons. The third-order valence-corrected chi connectivity index (χ3v) is 4.73. The van der Waals surface area contributed by atoms with Gasteiger partial charge in [0.25, 0.3) is 0 Å². The maximum Gasteiger partial charge on any atom is 0.199 e. The zero-order chi connectivity index (χ0) is 15.8. The number of rotatable bonds is 3. The fourth-order valence-corrected chi connectivity index (χ4v) is 3.42. The monoisotopic (exact) mass is 311 g/mol. The third-order valence-electron chi connectivity index (χ3n) is 4.73. The Hall–Kier alpha value is -2.14. The van der Waals surface area contributed by atoms with Gasteiger partial charge in [0.15, 0.2) is 11.5 Å². The van der Waals surface area contributed by atoms with Crippen molar-refractivity contribution in [3.63, 3.8) is 0 Å². The van der Waals surface area contributed by atoms with Crippen molar-refractivity contribution >= 4 is 11.1 Å². The lowest BCUT2D eigenvalue weighted by atomic mass is 9.97. The number of oxazole rings is 1. The Labute approximate surface area is 135 Å². The summed E-state index contributed by atoms with van der Waals surface area (Å²) in [6.45, 7) is 6.95. The highest BCUT2D eigenvalue weighted by molar-refractivity contribution is 5.72. The third kappa shape index (κ3) is 2.77. The van der Waals surface area contributed by atoms with Gasteiger partial charge in [0, 0.05) is 24.6 Å². The predicted octanol–water partition coefficient (Wildman–Crippen LogP) is 3.81. The molecule has 0 N–H and O–H groups in total. The van der Waals surface area contributed by atoms with Gasteiger partial charge in [0.2, 0.25) is 0 Å². The highest BCUT2D eigenvalue weighted by Gasteiger charge is 2.26. The summed E-state index contributed by atoms with van der Waals surface area (Å²) in [5.41, 5.74) is 4.03. The van der Waals surface area contributed by atoms with Crippen molar-refractivity contribution < 1.29 is 8.94 Å². The van der Waals surface area contributed by atoms with Crippen molar-refractivity contribution in [2.24, 2.45) is 0 Å². The Kier molecular flexibility index (Phi) is 3.65. The summed E-state index contributed by atoms with van der Waals surface area (Å²) in [5.74, 6) is 2.15. The Bertz CT molecular complexity index is 768. The first kappa shape index (κ1) is 14.5. The molecule has 5 nitrogen and oxygen atoms in total. The van der Waals surface area contributed by atoms with Crippen LogP contribution in [0.5, 0.6) is 0 Å². The average Bonchev–Trinajstić information content (AvgIpc) is 3.14. The summed E-state index contributed by atoms with van der Waals surface area (Å²) >= 11 is 0. The Balaban J connectivity index is 1.52. The molecule has 4 rings (SSSR count). The summed E-state index contributed by atoms with van der Waals surface area (Å²) < 4.78 is 11.3. The van der Waals surface area contributed by atoms with Gasteiger partial charge < -0.3 is 8.94 Å². The maximum atomic E-state index is 5.97. The standard InChI is InChI=1S/C18H21N3O2/c1-12-15(13(2)23-20-12)11-21-9-5-6-14(10-21)18-19-16-7-3-4-8-17(16)22-18/h3-4,7-8,14H,5-6,9-11H2,1-2H3/t14-/m1/s1. The van der Waals surface area contributed by atoms with E-state index in [-0.39, 0.29) is 0 Å². The van der Waals surface area contributed by atoms with Crippen LogP contribution in [0.1, 0.15) is 41.7 Å². The van der Waals surface area contributed by atoms with Crippen LogP contribution < -0.4 is 0 Å². The second-order valence-electron chi connectivity index (χ2n) is 6.40. The van der Waals surface area contributed by atoms with E-state index in [0.29, 0.717) is 5.92 Å². The van der Waals surface area contributed by atoms with Gasteiger partial charge in [-0.1, -0.05) is 17.3 Å².